The predicted molar refractivity (Wildman–Crippen MR) is 91.0 cm³/mol. The summed E-state index contributed by atoms with van der Waals surface area (Å²) in [7, 11) is 1.72. The van der Waals surface area contributed by atoms with E-state index in [-0.39, 0.29) is 11.5 Å². The average molecular weight is 393 g/mol. The second-order valence-corrected chi connectivity index (χ2v) is 6.35. The molecule has 1 aromatic carbocycles. The molecule has 0 bridgehead atoms. The molecule has 6 nitrogen and oxygen atoms in total. The molecule has 0 atom stereocenters. The van der Waals surface area contributed by atoms with Crippen LogP contribution in [0.2, 0.25) is 0 Å². The van der Waals surface area contributed by atoms with E-state index in [1.165, 1.54) is 12.1 Å². The molecule has 2 aromatic heterocycles. The van der Waals surface area contributed by atoms with Gasteiger partial charge in [-0.3, -0.25) is 20.4 Å². The van der Waals surface area contributed by atoms with Gasteiger partial charge in [-0.15, -0.1) is 0 Å². The Bertz CT molecular complexity index is 961. The fourth-order valence-corrected chi connectivity index (χ4v) is 3.02. The molecule has 0 saturated heterocycles. The first-order chi connectivity index (χ1) is 11.3. The fourth-order valence-electron chi connectivity index (χ4n) is 2.49. The number of aromatic nitrogens is 2. The van der Waals surface area contributed by atoms with Crippen molar-refractivity contribution in [1.29, 1.82) is 0 Å². The molecule has 0 saturated carbocycles. The molecular weight excluding hydrogens is 379 g/mol. The van der Waals surface area contributed by atoms with E-state index < -0.39 is 11.8 Å². The molecule has 0 aliphatic heterocycles. The van der Waals surface area contributed by atoms with Crippen LogP contribution in [0.3, 0.4) is 0 Å². The molecule has 3 rings (SSSR count). The highest BCUT2D eigenvalue weighted by atomic mass is 79.9. The van der Waals surface area contributed by atoms with Crippen LogP contribution in [-0.2, 0) is 7.05 Å². The Morgan fingerprint density at radius 2 is 1.88 bits per heavy atom. The summed E-state index contributed by atoms with van der Waals surface area (Å²) in [6, 6.07) is 5.97. The Morgan fingerprint density at radius 1 is 1.17 bits per heavy atom. The van der Waals surface area contributed by atoms with Crippen molar-refractivity contribution in [3.8, 4) is 0 Å². The third kappa shape index (κ3) is 3.05. The van der Waals surface area contributed by atoms with Crippen LogP contribution in [0.1, 0.15) is 26.5 Å². The Hall–Kier alpha value is -2.61. The van der Waals surface area contributed by atoms with Gasteiger partial charge in [-0.25, -0.2) is 4.39 Å². The van der Waals surface area contributed by atoms with Gasteiger partial charge in [-0.2, -0.15) is 0 Å². The normalized spacial score (nSPS) is 10.8. The number of hydrazine groups is 1. The lowest BCUT2D eigenvalue weighted by molar-refractivity contribution is 0.0840. The van der Waals surface area contributed by atoms with E-state index in [1.54, 1.807) is 36.9 Å². The molecule has 0 fully saturated rings. The second-order valence-electron chi connectivity index (χ2n) is 5.43. The van der Waals surface area contributed by atoms with Gasteiger partial charge < -0.3 is 9.55 Å². The molecule has 2 amide bonds. The van der Waals surface area contributed by atoms with E-state index in [0.29, 0.717) is 11.2 Å². The number of fused-ring (bicyclic) bond motifs is 1. The molecule has 0 aliphatic rings. The van der Waals surface area contributed by atoms with Gasteiger partial charge in [0.05, 0.1) is 0 Å². The number of nitrogens with zero attached hydrogens (tertiary/aromatic N) is 1. The number of benzene rings is 1. The van der Waals surface area contributed by atoms with E-state index in [1.807, 2.05) is 0 Å². The van der Waals surface area contributed by atoms with Crippen molar-refractivity contribution >= 4 is 38.6 Å². The number of nitrogens with one attached hydrogen (secondary N) is 3. The zero-order chi connectivity index (χ0) is 17.4. The van der Waals surface area contributed by atoms with Crippen LogP contribution in [0.25, 0.3) is 10.9 Å². The molecule has 0 radical (unpaired) electrons. The summed E-state index contributed by atoms with van der Waals surface area (Å²) < 4.78 is 15.8. The Morgan fingerprint density at radius 3 is 2.54 bits per heavy atom. The molecule has 8 heteroatoms. The van der Waals surface area contributed by atoms with E-state index in [9.17, 15) is 14.0 Å². The maximum atomic E-state index is 13.4. The smallest absolute Gasteiger partial charge is 0.286 e. The molecule has 2 heterocycles. The van der Waals surface area contributed by atoms with Gasteiger partial charge in [0.15, 0.2) is 0 Å². The van der Waals surface area contributed by atoms with Crippen molar-refractivity contribution in [2.45, 2.75) is 6.92 Å². The zero-order valence-corrected chi connectivity index (χ0v) is 14.5. The predicted octanol–water partition coefficient (Wildman–Crippen LogP) is 2.79. The van der Waals surface area contributed by atoms with Crippen LogP contribution in [-0.4, -0.2) is 21.4 Å². The first-order valence-electron chi connectivity index (χ1n) is 7.06. The lowest BCUT2D eigenvalue weighted by Crippen LogP contribution is -2.42. The lowest BCUT2D eigenvalue weighted by Gasteiger charge is -2.06. The summed E-state index contributed by atoms with van der Waals surface area (Å²) in [5, 5.41) is 0.749. The van der Waals surface area contributed by atoms with Crippen molar-refractivity contribution in [3.05, 3.63) is 57.7 Å². The number of H-pyrrole nitrogens is 1. The van der Waals surface area contributed by atoms with Gasteiger partial charge in [-0.05, 0) is 52.7 Å². The molecular formula is C16H14BrFN4O2. The van der Waals surface area contributed by atoms with Crippen LogP contribution in [0.4, 0.5) is 4.39 Å². The van der Waals surface area contributed by atoms with Gasteiger partial charge in [0, 0.05) is 28.6 Å². The molecule has 0 unspecified atom stereocenters. The topological polar surface area (TPSA) is 78.9 Å². The van der Waals surface area contributed by atoms with E-state index >= 15 is 0 Å². The highest BCUT2D eigenvalue weighted by Crippen LogP contribution is 2.21. The number of hydrogen-bond donors (Lipinski definition) is 3. The minimum Gasteiger partial charge on any atom is -0.350 e. The van der Waals surface area contributed by atoms with Gasteiger partial charge in [0.1, 0.15) is 17.2 Å². The summed E-state index contributed by atoms with van der Waals surface area (Å²) in [5.41, 5.74) is 6.54. The lowest BCUT2D eigenvalue weighted by atomic mass is 10.1. The number of carbonyl (C=O) groups excluding carboxylic acids is 2. The standard InChI is InChI=1S/C16H14BrFN4O2/c1-8-3-10(18)5-12-11(8)6-13(19-12)15(23)20-21-16(24)14-4-9(17)7-22(14)2/h3-7,19H,1-2H3,(H,20,23)(H,21,24). The number of hydrogen-bond acceptors (Lipinski definition) is 2. The molecule has 124 valence electrons. The number of aryl methyl sites for hydroxylation is 2. The highest BCUT2D eigenvalue weighted by molar-refractivity contribution is 9.10. The van der Waals surface area contributed by atoms with E-state index in [0.717, 1.165) is 15.4 Å². The van der Waals surface area contributed by atoms with Gasteiger partial charge in [0.25, 0.3) is 11.8 Å². The summed E-state index contributed by atoms with van der Waals surface area (Å²) in [6.07, 6.45) is 1.73. The van der Waals surface area contributed by atoms with Crippen molar-refractivity contribution in [2.75, 3.05) is 0 Å². The van der Waals surface area contributed by atoms with Crippen LogP contribution < -0.4 is 10.9 Å². The summed E-state index contributed by atoms with van der Waals surface area (Å²) in [5.74, 6) is -1.35. The van der Waals surface area contributed by atoms with Crippen LogP contribution in [0.15, 0.2) is 34.9 Å². The molecule has 24 heavy (non-hydrogen) atoms. The highest BCUT2D eigenvalue weighted by Gasteiger charge is 2.15. The summed E-state index contributed by atoms with van der Waals surface area (Å²) >= 11 is 3.28. The minimum atomic E-state index is -0.521. The summed E-state index contributed by atoms with van der Waals surface area (Å²) in [4.78, 5) is 27.1. The van der Waals surface area contributed by atoms with Crippen LogP contribution in [0.5, 0.6) is 0 Å². The third-order valence-corrected chi connectivity index (χ3v) is 4.08. The Kier molecular flexibility index (Phi) is 4.15. The van der Waals surface area contributed by atoms with Crippen LogP contribution in [0, 0.1) is 12.7 Å². The van der Waals surface area contributed by atoms with Crippen LogP contribution >= 0.6 is 15.9 Å². The van der Waals surface area contributed by atoms with Gasteiger partial charge >= 0.3 is 0 Å². The van der Waals surface area contributed by atoms with E-state index in [2.05, 4.69) is 31.8 Å². The van der Waals surface area contributed by atoms with Crippen molar-refractivity contribution in [1.82, 2.24) is 20.4 Å². The molecule has 0 spiro atoms. The number of carbonyl (C=O) groups is 2. The summed E-state index contributed by atoms with van der Waals surface area (Å²) in [6.45, 7) is 1.76. The number of halogens is 2. The Balaban J connectivity index is 1.74. The molecule has 3 N–H and O–H groups in total. The maximum Gasteiger partial charge on any atom is 0.286 e. The largest absolute Gasteiger partial charge is 0.350 e. The Labute approximate surface area is 145 Å². The molecule has 3 aromatic rings. The first-order valence-corrected chi connectivity index (χ1v) is 7.86. The zero-order valence-electron chi connectivity index (χ0n) is 12.9. The maximum absolute atomic E-state index is 13.4. The van der Waals surface area contributed by atoms with Gasteiger partial charge in [0.2, 0.25) is 0 Å². The number of amides is 2. The minimum absolute atomic E-state index is 0.229. The van der Waals surface area contributed by atoms with Crippen molar-refractivity contribution in [2.24, 2.45) is 7.05 Å². The molecule has 0 aliphatic carbocycles. The van der Waals surface area contributed by atoms with Crippen molar-refractivity contribution < 1.29 is 14.0 Å². The monoisotopic (exact) mass is 392 g/mol. The third-order valence-electron chi connectivity index (χ3n) is 3.65. The first kappa shape index (κ1) is 16.3. The SMILES string of the molecule is Cc1cc(F)cc2[nH]c(C(=O)NNC(=O)c3cc(Br)cn3C)cc12. The number of aromatic amines is 1. The van der Waals surface area contributed by atoms with Crippen molar-refractivity contribution in [3.63, 3.8) is 0 Å². The van der Waals surface area contributed by atoms with E-state index in [4.69, 9.17) is 0 Å². The fraction of sp³-hybridized carbons (Fsp3) is 0.125. The average Bonchev–Trinajstić information content (AvgIpc) is 3.07. The quantitative estimate of drug-likeness (QED) is 0.586. The number of rotatable bonds is 2. The second kappa shape index (κ2) is 6.12. The van der Waals surface area contributed by atoms with Gasteiger partial charge in [-0.1, -0.05) is 0 Å².